The maximum absolute atomic E-state index is 11.6. The molecule has 1 atom stereocenters. The number of nitrogens with zero attached hydrogens (tertiary/aromatic N) is 3. The SMILES string of the molecule is [CH-]=C(C(=[N-])Cl)N(C)C(=O)C(C)CSC.[Li+].[c-]1cccnc1. The second kappa shape index (κ2) is 13.0. The number of amides is 1. The molecule has 4 nitrogen and oxygen atoms in total. The summed E-state index contributed by atoms with van der Waals surface area (Å²) in [7, 11) is 1.48. The molecule has 0 saturated heterocycles. The van der Waals surface area contributed by atoms with Gasteiger partial charge in [0.25, 0.3) is 0 Å². The Kier molecular flexibility index (Phi) is 13.9. The molecule has 1 aromatic heterocycles. The van der Waals surface area contributed by atoms with Gasteiger partial charge in [-0.15, -0.1) is 5.70 Å². The van der Waals surface area contributed by atoms with Gasteiger partial charge < -0.3 is 15.3 Å². The van der Waals surface area contributed by atoms with Gasteiger partial charge in [-0.3, -0.25) is 11.4 Å². The van der Waals surface area contributed by atoms with Gasteiger partial charge in [0, 0.05) is 18.7 Å². The van der Waals surface area contributed by atoms with Crippen molar-refractivity contribution in [3.05, 3.63) is 48.3 Å². The molecule has 1 unspecified atom stereocenters. The molecular weight excluding hydrogens is 301 g/mol. The number of hydrogen-bond donors (Lipinski definition) is 0. The number of pyridine rings is 1. The fourth-order valence-corrected chi connectivity index (χ4v) is 1.96. The van der Waals surface area contributed by atoms with Crippen LogP contribution < -0.4 is 18.9 Å². The summed E-state index contributed by atoms with van der Waals surface area (Å²) < 4.78 is 0. The molecule has 21 heavy (non-hydrogen) atoms. The minimum absolute atomic E-state index is 0. The van der Waals surface area contributed by atoms with Crippen molar-refractivity contribution in [3.8, 4) is 0 Å². The second-order valence-corrected chi connectivity index (χ2v) is 5.15. The molecule has 1 heterocycles. The van der Waals surface area contributed by atoms with Gasteiger partial charge in [0.15, 0.2) is 0 Å². The Bertz CT molecular complexity index is 418. The van der Waals surface area contributed by atoms with Crippen molar-refractivity contribution in [3.63, 3.8) is 0 Å². The molecule has 110 valence electrons. The molecule has 0 saturated carbocycles. The van der Waals surface area contributed by atoms with E-state index in [1.165, 1.54) is 7.05 Å². The minimum Gasteiger partial charge on any atom is -0.893 e. The van der Waals surface area contributed by atoms with Crippen molar-refractivity contribution in [2.24, 2.45) is 5.92 Å². The van der Waals surface area contributed by atoms with Crippen LogP contribution in [0.1, 0.15) is 6.92 Å². The molecule has 0 aliphatic heterocycles. The predicted octanol–water partition coefficient (Wildman–Crippen LogP) is -0.147. The zero-order valence-corrected chi connectivity index (χ0v) is 14.3. The number of carbonyl (C=O) groups is 1. The molecule has 0 N–H and O–H groups in total. The molecule has 1 aromatic rings. The van der Waals surface area contributed by atoms with Gasteiger partial charge in [-0.05, 0) is 6.26 Å². The fraction of sp³-hybridized carbons (Fsp3) is 0.357. The smallest absolute Gasteiger partial charge is 0.893 e. The van der Waals surface area contributed by atoms with Gasteiger partial charge in [0.05, 0.1) is 0 Å². The molecule has 1 rings (SSSR count). The van der Waals surface area contributed by atoms with Crippen LogP contribution in [0.3, 0.4) is 0 Å². The maximum atomic E-state index is 11.6. The topological polar surface area (TPSA) is 55.5 Å². The third kappa shape index (κ3) is 9.76. The molecule has 0 radical (unpaired) electrons. The van der Waals surface area contributed by atoms with Crippen molar-refractivity contribution in [2.45, 2.75) is 6.92 Å². The van der Waals surface area contributed by atoms with Crippen molar-refractivity contribution in [1.82, 2.24) is 9.88 Å². The van der Waals surface area contributed by atoms with Gasteiger partial charge in [-0.25, -0.2) is 28.9 Å². The number of rotatable bonds is 5. The van der Waals surface area contributed by atoms with Crippen LogP contribution in [0.4, 0.5) is 0 Å². The summed E-state index contributed by atoms with van der Waals surface area (Å²) >= 11 is 6.84. The van der Waals surface area contributed by atoms with Crippen LogP contribution in [0.25, 0.3) is 5.41 Å². The van der Waals surface area contributed by atoms with E-state index in [0.717, 1.165) is 4.90 Å². The zero-order chi connectivity index (χ0) is 15.5. The van der Waals surface area contributed by atoms with E-state index < -0.39 is 5.17 Å². The van der Waals surface area contributed by atoms with E-state index in [9.17, 15) is 4.79 Å². The van der Waals surface area contributed by atoms with Gasteiger partial charge >= 0.3 is 18.9 Å². The first kappa shape index (κ1) is 22.5. The van der Waals surface area contributed by atoms with E-state index >= 15 is 0 Å². The number of carbonyl (C=O) groups excluding carboxylic acids is 1. The Morgan fingerprint density at radius 2 is 2.24 bits per heavy atom. The zero-order valence-electron chi connectivity index (χ0n) is 12.7. The number of allylic oxidation sites excluding steroid dienone is 1. The quantitative estimate of drug-likeness (QED) is 0.431. The van der Waals surface area contributed by atoms with E-state index in [-0.39, 0.29) is 36.4 Å². The summed E-state index contributed by atoms with van der Waals surface area (Å²) in [6, 6.07) is 6.43. The van der Waals surface area contributed by atoms with E-state index in [4.69, 9.17) is 23.6 Å². The molecule has 7 heteroatoms. The molecular formula is C14H17ClLiN3OS-2. The van der Waals surface area contributed by atoms with Crippen LogP contribution in [0.2, 0.25) is 0 Å². The second-order valence-electron chi connectivity index (χ2n) is 3.88. The summed E-state index contributed by atoms with van der Waals surface area (Å²) in [5.74, 6) is 0.396. The molecule has 1 amide bonds. The summed E-state index contributed by atoms with van der Waals surface area (Å²) in [6.45, 7) is 7.19. The van der Waals surface area contributed by atoms with Crippen molar-refractivity contribution in [1.29, 1.82) is 0 Å². The Balaban J connectivity index is 0. The third-order valence-electron chi connectivity index (χ3n) is 2.26. The van der Waals surface area contributed by atoms with Crippen molar-refractivity contribution < 1.29 is 23.7 Å². The van der Waals surface area contributed by atoms with Gasteiger partial charge in [-0.1, -0.05) is 19.3 Å². The molecule has 0 spiro atoms. The van der Waals surface area contributed by atoms with E-state index in [1.54, 1.807) is 31.1 Å². The molecule has 0 aromatic carbocycles. The molecule has 0 fully saturated rings. The number of aromatic nitrogens is 1. The summed E-state index contributed by atoms with van der Waals surface area (Å²) in [5, 5.41) is 8.31. The number of halogens is 1. The summed E-state index contributed by atoms with van der Waals surface area (Å²) in [4.78, 5) is 16.5. The predicted molar refractivity (Wildman–Crippen MR) is 85.4 cm³/mol. The Morgan fingerprint density at radius 3 is 2.52 bits per heavy atom. The van der Waals surface area contributed by atoms with Crippen LogP contribution >= 0.6 is 23.4 Å². The van der Waals surface area contributed by atoms with E-state index in [0.29, 0.717) is 5.75 Å². The van der Waals surface area contributed by atoms with E-state index in [1.807, 2.05) is 18.4 Å². The average molecular weight is 318 g/mol. The van der Waals surface area contributed by atoms with Crippen molar-refractivity contribution >= 4 is 34.4 Å². The van der Waals surface area contributed by atoms with Crippen LogP contribution in [0.5, 0.6) is 0 Å². The first-order valence-electron chi connectivity index (χ1n) is 5.78. The summed E-state index contributed by atoms with van der Waals surface area (Å²) in [5.41, 5.74) is -0.121. The first-order valence-corrected chi connectivity index (χ1v) is 7.55. The Hall–Kier alpha value is -0.733. The van der Waals surface area contributed by atoms with Gasteiger partial charge in [0.2, 0.25) is 5.91 Å². The monoisotopic (exact) mass is 317 g/mol. The van der Waals surface area contributed by atoms with Crippen LogP contribution in [0.15, 0.2) is 30.2 Å². The van der Waals surface area contributed by atoms with Gasteiger partial charge in [-0.2, -0.15) is 17.8 Å². The third-order valence-corrected chi connectivity index (χ3v) is 3.28. The standard InChI is InChI=1S/C9H13ClN2OS.C5H4N.Li/c1-6(5-14-4)9(13)12(3)7(2)8(10)11;1-2-4-6-5-3-1;/h2,6H,5H2,1,3-4H3;1-2,4-5H;/q-2;-1;+1. The maximum Gasteiger partial charge on any atom is 1.00 e. The van der Waals surface area contributed by atoms with Crippen LogP contribution in [0, 0.1) is 18.6 Å². The van der Waals surface area contributed by atoms with Crippen LogP contribution in [-0.2, 0) is 4.79 Å². The van der Waals surface area contributed by atoms with Crippen LogP contribution in [-0.4, -0.2) is 40.0 Å². The number of hydrogen-bond acceptors (Lipinski definition) is 3. The normalized spacial score (nSPS) is 10.3. The molecule has 0 bridgehead atoms. The fourth-order valence-electron chi connectivity index (χ4n) is 1.19. The molecule has 0 aliphatic carbocycles. The largest absolute Gasteiger partial charge is 1.00 e. The summed E-state index contributed by atoms with van der Waals surface area (Å²) in [6.07, 6.45) is 5.26. The average Bonchev–Trinajstić information content (AvgIpc) is 2.47. The Morgan fingerprint density at radius 1 is 1.62 bits per heavy atom. The number of thioether (sulfide) groups is 1. The van der Waals surface area contributed by atoms with Crippen molar-refractivity contribution in [2.75, 3.05) is 19.1 Å². The first-order chi connectivity index (χ1) is 9.41. The minimum atomic E-state index is -0.558. The Labute approximate surface area is 148 Å². The molecule has 0 aliphatic rings. The van der Waals surface area contributed by atoms with E-state index in [2.05, 4.69) is 11.1 Å². The van der Waals surface area contributed by atoms with Gasteiger partial charge in [0.1, 0.15) is 0 Å².